The normalized spacial score (nSPS) is 45.2. The van der Waals surface area contributed by atoms with E-state index in [1.165, 1.54) is 6.92 Å². The first kappa shape index (κ1) is 23.7. The second kappa shape index (κ2) is 7.46. The number of aliphatic hydroxyl groups excluding tert-OH is 1. The zero-order valence-corrected chi connectivity index (χ0v) is 21.2. The lowest BCUT2D eigenvalue weighted by Gasteiger charge is -2.69. The standard InChI is InChI=1S/C28H38O6/c1-16(29)33-22-13-19-25(2,3)21(30)8-11-26(19,4)18-7-10-27(5)20(28(18,22)6)14-23(31)34-24(27)17-9-12-32-15-17/h9,12,14-15,18-19,21-22,24,30H,7-8,10-11,13H2,1-6H3/t18-,19-,21-,22-,24-,26-,27+,28+/m0/s1. The number of carbonyl (C=O) groups excluding carboxylic acids is 2. The van der Waals surface area contributed by atoms with Gasteiger partial charge < -0.3 is 19.0 Å². The van der Waals surface area contributed by atoms with Gasteiger partial charge in [0.15, 0.2) is 0 Å². The van der Waals surface area contributed by atoms with Crippen molar-refractivity contribution in [3.63, 3.8) is 0 Å². The summed E-state index contributed by atoms with van der Waals surface area (Å²) < 4.78 is 17.4. The third-order valence-electron chi connectivity index (χ3n) is 10.5. The predicted octanol–water partition coefficient (Wildman–Crippen LogP) is 5.37. The highest BCUT2D eigenvalue weighted by Crippen LogP contribution is 2.73. The maximum Gasteiger partial charge on any atom is 0.331 e. The van der Waals surface area contributed by atoms with E-state index in [2.05, 4.69) is 34.6 Å². The van der Waals surface area contributed by atoms with Crippen LogP contribution in [0, 0.1) is 33.5 Å². The predicted molar refractivity (Wildman–Crippen MR) is 125 cm³/mol. The molecule has 1 aromatic heterocycles. The monoisotopic (exact) mass is 470 g/mol. The first-order valence-electron chi connectivity index (χ1n) is 12.7. The zero-order chi connectivity index (χ0) is 24.7. The first-order chi connectivity index (χ1) is 15.8. The molecule has 0 bridgehead atoms. The number of furan rings is 1. The van der Waals surface area contributed by atoms with Crippen molar-refractivity contribution in [3.8, 4) is 0 Å². The van der Waals surface area contributed by atoms with Crippen LogP contribution >= 0.6 is 0 Å². The van der Waals surface area contributed by atoms with Crippen molar-refractivity contribution in [1.82, 2.24) is 0 Å². The summed E-state index contributed by atoms with van der Waals surface area (Å²) in [5.41, 5.74) is 0.635. The van der Waals surface area contributed by atoms with Crippen LogP contribution in [0.5, 0.6) is 0 Å². The maximum absolute atomic E-state index is 12.9. The summed E-state index contributed by atoms with van der Waals surface area (Å²) in [7, 11) is 0. The molecular formula is C28H38O6. The highest BCUT2D eigenvalue weighted by atomic mass is 16.6. The van der Waals surface area contributed by atoms with Crippen molar-refractivity contribution in [1.29, 1.82) is 0 Å². The van der Waals surface area contributed by atoms with Gasteiger partial charge in [0, 0.05) is 29.4 Å². The lowest BCUT2D eigenvalue weighted by molar-refractivity contribution is -0.226. The van der Waals surface area contributed by atoms with E-state index in [4.69, 9.17) is 13.9 Å². The van der Waals surface area contributed by atoms with Crippen LogP contribution in [0.15, 0.2) is 34.7 Å². The Labute approximate surface area is 202 Å². The van der Waals surface area contributed by atoms with Crippen LogP contribution in [-0.2, 0) is 19.1 Å². The van der Waals surface area contributed by atoms with Gasteiger partial charge in [-0.05, 0) is 66.4 Å². The molecule has 1 aliphatic heterocycles. The van der Waals surface area contributed by atoms with E-state index in [9.17, 15) is 14.7 Å². The van der Waals surface area contributed by atoms with E-state index < -0.39 is 16.9 Å². The fourth-order valence-corrected chi connectivity index (χ4v) is 8.84. The number of carbonyl (C=O) groups is 2. The van der Waals surface area contributed by atoms with E-state index in [0.717, 1.165) is 36.8 Å². The van der Waals surface area contributed by atoms with E-state index in [0.29, 0.717) is 6.42 Å². The fourth-order valence-electron chi connectivity index (χ4n) is 8.84. The number of hydrogen-bond donors (Lipinski definition) is 1. The molecule has 3 fully saturated rings. The molecule has 3 aliphatic carbocycles. The minimum atomic E-state index is -0.510. The van der Waals surface area contributed by atoms with Crippen molar-refractivity contribution < 1.29 is 28.6 Å². The number of hydrogen-bond acceptors (Lipinski definition) is 6. The third-order valence-corrected chi connectivity index (χ3v) is 10.5. The molecule has 0 spiro atoms. The SMILES string of the molecule is CC(=O)O[C@H]1C[C@H]2C(C)(C)[C@@H](O)CC[C@@]2(C)[C@@H]2CC[C@]3(C)C(=CC(=O)O[C@H]3c3ccoc3)[C@]12C. The molecule has 0 unspecified atom stereocenters. The van der Waals surface area contributed by atoms with Crippen LogP contribution in [0.25, 0.3) is 0 Å². The largest absolute Gasteiger partial charge is 0.472 e. The van der Waals surface area contributed by atoms with Gasteiger partial charge in [-0.15, -0.1) is 0 Å². The molecule has 0 radical (unpaired) electrons. The molecule has 2 heterocycles. The molecular weight excluding hydrogens is 432 g/mol. The number of ether oxygens (including phenoxy) is 2. The summed E-state index contributed by atoms with van der Waals surface area (Å²) in [5, 5.41) is 10.9. The molecule has 1 N–H and O–H groups in total. The number of rotatable bonds is 2. The Balaban J connectivity index is 1.67. The average Bonchev–Trinajstić information content (AvgIpc) is 3.28. The molecule has 3 saturated carbocycles. The van der Waals surface area contributed by atoms with Crippen LogP contribution in [0.3, 0.4) is 0 Å². The van der Waals surface area contributed by atoms with Gasteiger partial charge in [-0.25, -0.2) is 4.79 Å². The van der Waals surface area contributed by atoms with E-state index in [1.54, 1.807) is 18.6 Å². The van der Waals surface area contributed by atoms with Gasteiger partial charge in [0.1, 0.15) is 12.2 Å². The highest BCUT2D eigenvalue weighted by Gasteiger charge is 2.69. The Bertz CT molecular complexity index is 1020. The summed E-state index contributed by atoms with van der Waals surface area (Å²) >= 11 is 0. The van der Waals surface area contributed by atoms with Crippen molar-refractivity contribution in [2.24, 2.45) is 33.5 Å². The molecule has 6 nitrogen and oxygen atoms in total. The maximum atomic E-state index is 12.9. The molecule has 0 aromatic carbocycles. The molecule has 5 rings (SSSR count). The Kier molecular flexibility index (Phi) is 5.19. The summed E-state index contributed by atoms with van der Waals surface area (Å²) in [6.07, 6.45) is 7.93. The minimum absolute atomic E-state index is 0.0389. The Morgan fingerprint density at radius 1 is 1.12 bits per heavy atom. The van der Waals surface area contributed by atoms with Crippen LogP contribution in [-0.4, -0.2) is 29.3 Å². The van der Waals surface area contributed by atoms with Gasteiger partial charge in [0.2, 0.25) is 0 Å². The van der Waals surface area contributed by atoms with Crippen molar-refractivity contribution in [3.05, 3.63) is 35.8 Å². The van der Waals surface area contributed by atoms with Crippen LogP contribution in [0.2, 0.25) is 0 Å². The highest BCUT2D eigenvalue weighted by molar-refractivity contribution is 5.85. The second-order valence-electron chi connectivity index (χ2n) is 12.5. The van der Waals surface area contributed by atoms with E-state index >= 15 is 0 Å². The fraction of sp³-hybridized carbons (Fsp3) is 0.714. The van der Waals surface area contributed by atoms with Gasteiger partial charge in [0.05, 0.1) is 18.6 Å². The summed E-state index contributed by atoms with van der Waals surface area (Å²) in [4.78, 5) is 25.3. The smallest absolute Gasteiger partial charge is 0.331 e. The molecule has 186 valence electrons. The first-order valence-corrected chi connectivity index (χ1v) is 12.7. The van der Waals surface area contributed by atoms with Gasteiger partial charge >= 0.3 is 11.9 Å². The van der Waals surface area contributed by atoms with Gasteiger partial charge in [-0.2, -0.15) is 0 Å². The average molecular weight is 471 g/mol. The summed E-state index contributed by atoms with van der Waals surface area (Å²) in [6, 6.07) is 1.87. The van der Waals surface area contributed by atoms with Crippen molar-refractivity contribution >= 4 is 11.9 Å². The summed E-state index contributed by atoms with van der Waals surface area (Å²) in [5.74, 6) is -0.240. The zero-order valence-electron chi connectivity index (χ0n) is 21.2. The minimum Gasteiger partial charge on any atom is -0.472 e. The van der Waals surface area contributed by atoms with E-state index in [-0.39, 0.29) is 46.8 Å². The van der Waals surface area contributed by atoms with E-state index in [1.807, 2.05) is 6.07 Å². The number of esters is 2. The Hall–Kier alpha value is -2.08. The van der Waals surface area contributed by atoms with Gasteiger partial charge in [-0.3, -0.25) is 4.79 Å². The molecule has 1 aromatic rings. The second-order valence-corrected chi connectivity index (χ2v) is 12.5. The lowest BCUT2D eigenvalue weighted by atomic mass is 9.36. The van der Waals surface area contributed by atoms with Crippen molar-refractivity contribution in [2.75, 3.05) is 0 Å². The van der Waals surface area contributed by atoms with Gasteiger partial charge in [0.25, 0.3) is 0 Å². The molecule has 0 saturated heterocycles. The van der Waals surface area contributed by atoms with Crippen molar-refractivity contribution in [2.45, 2.75) is 92.0 Å². The molecule has 8 atom stereocenters. The topological polar surface area (TPSA) is 86.0 Å². The quantitative estimate of drug-likeness (QED) is 0.585. The Morgan fingerprint density at radius 2 is 1.85 bits per heavy atom. The van der Waals surface area contributed by atoms with Crippen LogP contribution < -0.4 is 0 Å². The molecule has 6 heteroatoms. The lowest BCUT2D eigenvalue weighted by Crippen LogP contribution is -2.66. The molecule has 0 amide bonds. The molecule has 4 aliphatic rings. The number of fused-ring (bicyclic) bond motifs is 5. The van der Waals surface area contributed by atoms with Crippen LogP contribution in [0.1, 0.15) is 85.3 Å². The van der Waals surface area contributed by atoms with Crippen LogP contribution in [0.4, 0.5) is 0 Å². The number of cyclic esters (lactones) is 1. The molecule has 34 heavy (non-hydrogen) atoms. The summed E-state index contributed by atoms with van der Waals surface area (Å²) in [6.45, 7) is 12.5. The Morgan fingerprint density at radius 3 is 2.50 bits per heavy atom. The third kappa shape index (κ3) is 3.03. The number of aliphatic hydroxyl groups is 1. The van der Waals surface area contributed by atoms with Gasteiger partial charge in [-0.1, -0.05) is 34.6 Å².